The Balaban J connectivity index is 2.17. The van der Waals surface area contributed by atoms with Crippen LogP contribution in [0.4, 0.5) is 0 Å². The largest absolute Gasteiger partial charge is 0.478 e. The number of benzene rings is 1. The Morgan fingerprint density at radius 3 is 2.76 bits per heavy atom. The molecule has 112 valence electrons. The van der Waals surface area contributed by atoms with E-state index in [1.807, 2.05) is 10.6 Å². The summed E-state index contributed by atoms with van der Waals surface area (Å²) < 4.78 is 2.02. The Bertz CT molecular complexity index is 686. The molecule has 2 N–H and O–H groups in total. The van der Waals surface area contributed by atoms with Crippen LogP contribution in [-0.2, 0) is 13.0 Å². The molecule has 0 atom stereocenters. The molecule has 0 bridgehead atoms. The second-order valence-electron chi connectivity index (χ2n) is 6.00. The topological polar surface area (TPSA) is 75.3 Å². The number of aliphatic hydroxyl groups excluding tert-OH is 1. The van der Waals surface area contributed by atoms with E-state index in [2.05, 4.69) is 11.9 Å². The van der Waals surface area contributed by atoms with Crippen molar-refractivity contribution >= 4 is 17.0 Å². The SMILES string of the molecule is CCCc1nc2cccc(C(=O)O)c2n1CC1(CO)CC1. The number of hydrogen-bond acceptors (Lipinski definition) is 3. The number of aromatic carboxylic acids is 1. The maximum Gasteiger partial charge on any atom is 0.337 e. The number of nitrogens with zero attached hydrogens (tertiary/aromatic N) is 2. The lowest BCUT2D eigenvalue weighted by atomic mass is 10.1. The van der Waals surface area contributed by atoms with Crippen molar-refractivity contribution in [2.75, 3.05) is 6.61 Å². The van der Waals surface area contributed by atoms with Gasteiger partial charge in [0.2, 0.25) is 0 Å². The monoisotopic (exact) mass is 288 g/mol. The van der Waals surface area contributed by atoms with E-state index in [1.54, 1.807) is 12.1 Å². The van der Waals surface area contributed by atoms with Crippen LogP contribution in [0.3, 0.4) is 0 Å². The van der Waals surface area contributed by atoms with Gasteiger partial charge in [-0.3, -0.25) is 0 Å². The number of fused-ring (bicyclic) bond motifs is 1. The van der Waals surface area contributed by atoms with Crippen molar-refractivity contribution in [3.63, 3.8) is 0 Å². The van der Waals surface area contributed by atoms with Crippen LogP contribution in [-0.4, -0.2) is 32.3 Å². The van der Waals surface area contributed by atoms with Crippen molar-refractivity contribution in [3.05, 3.63) is 29.6 Å². The molecule has 1 fully saturated rings. The Hall–Kier alpha value is -1.88. The van der Waals surface area contributed by atoms with Gasteiger partial charge < -0.3 is 14.8 Å². The molecule has 3 rings (SSSR count). The molecule has 1 aromatic carbocycles. The van der Waals surface area contributed by atoms with Crippen molar-refractivity contribution in [1.82, 2.24) is 9.55 Å². The second-order valence-corrected chi connectivity index (χ2v) is 6.00. The van der Waals surface area contributed by atoms with Crippen molar-refractivity contribution < 1.29 is 15.0 Å². The number of para-hydroxylation sites is 1. The predicted octanol–water partition coefficient (Wildman–Crippen LogP) is 2.46. The quantitative estimate of drug-likeness (QED) is 0.856. The third kappa shape index (κ3) is 2.42. The minimum Gasteiger partial charge on any atom is -0.478 e. The second kappa shape index (κ2) is 5.15. The Kier molecular flexibility index (Phi) is 3.45. The first-order valence-electron chi connectivity index (χ1n) is 7.42. The zero-order valence-electron chi connectivity index (χ0n) is 12.2. The van der Waals surface area contributed by atoms with Crippen LogP contribution in [0, 0.1) is 5.41 Å². The highest BCUT2D eigenvalue weighted by Gasteiger charge is 2.43. The van der Waals surface area contributed by atoms with Crippen LogP contribution >= 0.6 is 0 Å². The van der Waals surface area contributed by atoms with E-state index in [9.17, 15) is 15.0 Å². The molecule has 0 aliphatic heterocycles. The number of aryl methyl sites for hydroxylation is 1. The average Bonchev–Trinajstić information content (AvgIpc) is 3.17. The van der Waals surface area contributed by atoms with Crippen LogP contribution in [0.2, 0.25) is 0 Å². The number of carbonyl (C=O) groups is 1. The molecule has 5 nitrogen and oxygen atoms in total. The summed E-state index contributed by atoms with van der Waals surface area (Å²) in [5, 5.41) is 19.0. The van der Waals surface area contributed by atoms with E-state index in [4.69, 9.17) is 0 Å². The first-order chi connectivity index (χ1) is 10.1. The van der Waals surface area contributed by atoms with Gasteiger partial charge in [-0.1, -0.05) is 13.0 Å². The van der Waals surface area contributed by atoms with Crippen molar-refractivity contribution in [1.29, 1.82) is 0 Å². The average molecular weight is 288 g/mol. The molecule has 0 amide bonds. The molecular weight excluding hydrogens is 268 g/mol. The summed E-state index contributed by atoms with van der Waals surface area (Å²) in [6, 6.07) is 5.21. The van der Waals surface area contributed by atoms with Gasteiger partial charge in [0.1, 0.15) is 5.82 Å². The van der Waals surface area contributed by atoms with E-state index in [1.165, 1.54) is 0 Å². The molecule has 0 saturated heterocycles. The summed E-state index contributed by atoms with van der Waals surface area (Å²) >= 11 is 0. The van der Waals surface area contributed by atoms with Crippen LogP contribution in [0.25, 0.3) is 11.0 Å². The molecular formula is C16H20N2O3. The third-order valence-corrected chi connectivity index (χ3v) is 4.34. The summed E-state index contributed by atoms with van der Waals surface area (Å²) in [5.74, 6) is -0.0143. The Labute approximate surface area is 123 Å². The van der Waals surface area contributed by atoms with Crippen molar-refractivity contribution in [3.8, 4) is 0 Å². The Morgan fingerprint density at radius 2 is 2.19 bits per heavy atom. The Morgan fingerprint density at radius 1 is 1.43 bits per heavy atom. The highest BCUT2D eigenvalue weighted by molar-refractivity contribution is 6.01. The summed E-state index contributed by atoms with van der Waals surface area (Å²) in [5.41, 5.74) is 1.62. The summed E-state index contributed by atoms with van der Waals surface area (Å²) in [4.78, 5) is 16.1. The molecule has 1 heterocycles. The minimum absolute atomic E-state index is 0.0816. The van der Waals surface area contributed by atoms with Crippen molar-refractivity contribution in [2.45, 2.75) is 39.2 Å². The van der Waals surface area contributed by atoms with E-state index >= 15 is 0 Å². The molecule has 1 saturated carbocycles. The number of carboxylic acid groups (broad SMARTS) is 1. The zero-order valence-corrected chi connectivity index (χ0v) is 12.2. The van der Waals surface area contributed by atoms with Gasteiger partial charge in [-0.05, 0) is 31.4 Å². The van der Waals surface area contributed by atoms with E-state index < -0.39 is 5.97 Å². The summed E-state index contributed by atoms with van der Waals surface area (Å²) in [6.07, 6.45) is 3.75. The van der Waals surface area contributed by atoms with Gasteiger partial charge >= 0.3 is 5.97 Å². The van der Waals surface area contributed by atoms with Gasteiger partial charge in [-0.15, -0.1) is 0 Å². The molecule has 2 aromatic rings. The fourth-order valence-electron chi connectivity index (χ4n) is 2.87. The normalized spacial score (nSPS) is 16.3. The van der Waals surface area contributed by atoms with Crippen molar-refractivity contribution in [2.24, 2.45) is 5.41 Å². The molecule has 0 unspecified atom stereocenters. The number of hydrogen-bond donors (Lipinski definition) is 2. The van der Waals surface area contributed by atoms with Crippen LogP contribution < -0.4 is 0 Å². The van der Waals surface area contributed by atoms with Crippen LogP contribution in [0.15, 0.2) is 18.2 Å². The highest BCUT2D eigenvalue weighted by Crippen LogP contribution is 2.47. The lowest BCUT2D eigenvalue weighted by Gasteiger charge is -2.16. The molecule has 1 aromatic heterocycles. The van der Waals surface area contributed by atoms with Gasteiger partial charge in [0.15, 0.2) is 0 Å². The van der Waals surface area contributed by atoms with E-state index in [-0.39, 0.29) is 17.6 Å². The predicted molar refractivity (Wildman–Crippen MR) is 79.4 cm³/mol. The maximum atomic E-state index is 11.5. The fraction of sp³-hybridized carbons (Fsp3) is 0.500. The van der Waals surface area contributed by atoms with Gasteiger partial charge in [-0.25, -0.2) is 9.78 Å². The number of carboxylic acids is 1. The van der Waals surface area contributed by atoms with E-state index in [0.717, 1.165) is 37.0 Å². The van der Waals surface area contributed by atoms with Gasteiger partial charge in [-0.2, -0.15) is 0 Å². The highest BCUT2D eigenvalue weighted by atomic mass is 16.4. The molecule has 5 heteroatoms. The number of aromatic nitrogens is 2. The first-order valence-corrected chi connectivity index (χ1v) is 7.42. The molecule has 0 spiro atoms. The molecule has 0 radical (unpaired) electrons. The molecule has 21 heavy (non-hydrogen) atoms. The van der Waals surface area contributed by atoms with Crippen LogP contribution in [0.1, 0.15) is 42.4 Å². The standard InChI is InChI=1S/C16H20N2O3/c1-2-4-13-17-12-6-3-5-11(15(20)21)14(12)18(13)9-16(10-19)7-8-16/h3,5-6,19H,2,4,7-10H2,1H3,(H,20,21). The van der Waals surface area contributed by atoms with Gasteiger partial charge in [0.25, 0.3) is 0 Å². The smallest absolute Gasteiger partial charge is 0.337 e. The summed E-state index contributed by atoms with van der Waals surface area (Å²) in [6.45, 7) is 2.88. The van der Waals surface area contributed by atoms with Gasteiger partial charge in [0, 0.05) is 18.4 Å². The lowest BCUT2D eigenvalue weighted by molar-refractivity contribution is 0.0698. The van der Waals surface area contributed by atoms with Gasteiger partial charge in [0.05, 0.1) is 23.2 Å². The van der Waals surface area contributed by atoms with E-state index in [0.29, 0.717) is 12.1 Å². The number of aliphatic hydroxyl groups is 1. The number of imidazole rings is 1. The lowest BCUT2D eigenvalue weighted by Crippen LogP contribution is -2.18. The zero-order chi connectivity index (χ0) is 15.0. The molecule has 1 aliphatic carbocycles. The first kappa shape index (κ1) is 14.1. The maximum absolute atomic E-state index is 11.5. The minimum atomic E-state index is -0.932. The molecule has 1 aliphatic rings. The van der Waals surface area contributed by atoms with Crippen LogP contribution in [0.5, 0.6) is 0 Å². The fourth-order valence-corrected chi connectivity index (χ4v) is 2.87. The number of rotatable bonds is 6. The third-order valence-electron chi connectivity index (χ3n) is 4.34. The summed E-state index contributed by atoms with van der Waals surface area (Å²) in [7, 11) is 0.